The standard InChI is InChI=1S/C23H40O.4C2H6/c1-18-12-11-13-19(16-18)23(9,10)24-15-14-21(5,6)22(7,8)17-20(2,3)4;4*1-2/h11-13,16H,14-15,17H2,1-10H3;4*1-2H3. The van der Waals surface area contributed by atoms with Crippen LogP contribution in [0.25, 0.3) is 0 Å². The van der Waals surface area contributed by atoms with Gasteiger partial charge in [-0.15, -0.1) is 0 Å². The third-order valence-corrected chi connectivity index (χ3v) is 5.71. The Labute approximate surface area is 206 Å². The van der Waals surface area contributed by atoms with Crippen molar-refractivity contribution in [2.24, 2.45) is 16.2 Å². The topological polar surface area (TPSA) is 9.23 Å². The van der Waals surface area contributed by atoms with Gasteiger partial charge in [-0.2, -0.15) is 0 Å². The third kappa shape index (κ3) is 15.9. The molecule has 0 fully saturated rings. The predicted octanol–water partition coefficient (Wildman–Crippen LogP) is 11.2. The summed E-state index contributed by atoms with van der Waals surface area (Å²) in [5, 5.41) is 0. The van der Waals surface area contributed by atoms with Gasteiger partial charge in [-0.05, 0) is 55.4 Å². The molecule has 0 aliphatic rings. The van der Waals surface area contributed by atoms with E-state index < -0.39 is 0 Å². The van der Waals surface area contributed by atoms with Crippen molar-refractivity contribution < 1.29 is 4.74 Å². The summed E-state index contributed by atoms with van der Waals surface area (Å²) in [6.07, 6.45) is 2.29. The van der Waals surface area contributed by atoms with E-state index in [1.54, 1.807) is 0 Å². The molecule has 0 N–H and O–H groups in total. The second kappa shape index (κ2) is 18.6. The van der Waals surface area contributed by atoms with Gasteiger partial charge in [0.25, 0.3) is 0 Å². The minimum Gasteiger partial charge on any atom is -0.371 e. The van der Waals surface area contributed by atoms with Crippen LogP contribution in [0.15, 0.2) is 24.3 Å². The Balaban J connectivity index is -0.000000439. The fourth-order valence-corrected chi connectivity index (χ4v) is 3.57. The number of ether oxygens (including phenoxy) is 1. The Bertz CT molecular complexity index is 530. The molecule has 0 aliphatic heterocycles. The van der Waals surface area contributed by atoms with Gasteiger partial charge in [0.1, 0.15) is 0 Å². The van der Waals surface area contributed by atoms with Crippen LogP contribution in [0.5, 0.6) is 0 Å². The second-order valence-corrected chi connectivity index (χ2v) is 10.5. The van der Waals surface area contributed by atoms with Gasteiger partial charge in [0.15, 0.2) is 0 Å². The lowest BCUT2D eigenvalue weighted by atomic mass is 9.60. The fourth-order valence-electron chi connectivity index (χ4n) is 3.57. The smallest absolute Gasteiger partial charge is 0.0875 e. The summed E-state index contributed by atoms with van der Waals surface area (Å²) >= 11 is 0. The summed E-state index contributed by atoms with van der Waals surface area (Å²) in [6.45, 7) is 39.9. The lowest BCUT2D eigenvalue weighted by Gasteiger charge is -2.46. The van der Waals surface area contributed by atoms with Crippen LogP contribution in [-0.4, -0.2) is 6.61 Å². The molecule has 0 saturated carbocycles. The molecule has 0 radical (unpaired) electrons. The molecule has 0 atom stereocenters. The van der Waals surface area contributed by atoms with Crippen LogP contribution in [0.1, 0.15) is 142 Å². The molecule has 1 nitrogen and oxygen atoms in total. The first-order valence-electron chi connectivity index (χ1n) is 13.4. The summed E-state index contributed by atoms with van der Waals surface area (Å²) in [7, 11) is 0. The lowest BCUT2D eigenvalue weighted by Crippen LogP contribution is -2.37. The quantitative estimate of drug-likeness (QED) is 0.399. The molecule has 1 aromatic rings. The zero-order valence-corrected chi connectivity index (χ0v) is 25.8. The summed E-state index contributed by atoms with van der Waals surface area (Å²) in [5.41, 5.74) is 3.18. The summed E-state index contributed by atoms with van der Waals surface area (Å²) in [5.74, 6) is 0. The Morgan fingerprint density at radius 3 is 1.47 bits per heavy atom. The molecule has 0 aromatic heterocycles. The van der Waals surface area contributed by atoms with Gasteiger partial charge in [-0.1, -0.05) is 134 Å². The highest BCUT2D eigenvalue weighted by molar-refractivity contribution is 5.26. The molecule has 0 aliphatic carbocycles. The van der Waals surface area contributed by atoms with Crippen LogP contribution in [0.3, 0.4) is 0 Å². The Morgan fingerprint density at radius 2 is 1.09 bits per heavy atom. The van der Waals surface area contributed by atoms with E-state index in [0.29, 0.717) is 5.41 Å². The average molecular weight is 453 g/mol. The summed E-state index contributed by atoms with van der Waals surface area (Å²) < 4.78 is 6.33. The molecule has 1 heteroatoms. The molecule has 194 valence electrons. The fraction of sp³-hybridized carbons (Fsp3) is 0.806. The maximum Gasteiger partial charge on any atom is 0.0875 e. The molecular formula is C31H64O. The van der Waals surface area contributed by atoms with Crippen molar-refractivity contribution in [2.45, 2.75) is 143 Å². The molecule has 32 heavy (non-hydrogen) atoms. The summed E-state index contributed by atoms with van der Waals surface area (Å²) in [6, 6.07) is 8.65. The van der Waals surface area contributed by atoms with Crippen LogP contribution in [0.2, 0.25) is 0 Å². The van der Waals surface area contributed by atoms with Crippen LogP contribution < -0.4 is 0 Å². The van der Waals surface area contributed by atoms with Gasteiger partial charge in [-0.3, -0.25) is 0 Å². The molecular weight excluding hydrogens is 388 g/mol. The van der Waals surface area contributed by atoms with Crippen LogP contribution in [-0.2, 0) is 10.3 Å². The molecule has 0 saturated heterocycles. The van der Waals surface area contributed by atoms with Crippen molar-refractivity contribution in [2.75, 3.05) is 6.61 Å². The van der Waals surface area contributed by atoms with Crippen molar-refractivity contribution in [3.05, 3.63) is 35.4 Å². The number of hydrogen-bond donors (Lipinski definition) is 0. The highest BCUT2D eigenvalue weighted by Crippen LogP contribution is 2.48. The van der Waals surface area contributed by atoms with Crippen molar-refractivity contribution in [1.82, 2.24) is 0 Å². The Kier molecular flexibility index (Phi) is 22.3. The second-order valence-electron chi connectivity index (χ2n) is 10.5. The molecule has 0 unspecified atom stereocenters. The van der Waals surface area contributed by atoms with E-state index in [0.717, 1.165) is 13.0 Å². The first-order valence-corrected chi connectivity index (χ1v) is 13.4. The van der Waals surface area contributed by atoms with E-state index in [2.05, 4.69) is 93.5 Å². The largest absolute Gasteiger partial charge is 0.371 e. The van der Waals surface area contributed by atoms with Gasteiger partial charge in [0.05, 0.1) is 5.60 Å². The van der Waals surface area contributed by atoms with Gasteiger partial charge in [-0.25, -0.2) is 0 Å². The molecule has 0 spiro atoms. The van der Waals surface area contributed by atoms with E-state index in [-0.39, 0.29) is 16.4 Å². The van der Waals surface area contributed by atoms with Crippen LogP contribution in [0.4, 0.5) is 0 Å². The monoisotopic (exact) mass is 452 g/mol. The maximum absolute atomic E-state index is 6.33. The van der Waals surface area contributed by atoms with Crippen molar-refractivity contribution in [3.8, 4) is 0 Å². The lowest BCUT2D eigenvalue weighted by molar-refractivity contribution is -0.0519. The minimum absolute atomic E-state index is 0.239. The Hall–Kier alpha value is -0.820. The zero-order valence-electron chi connectivity index (χ0n) is 25.8. The van der Waals surface area contributed by atoms with Gasteiger partial charge >= 0.3 is 0 Å². The summed E-state index contributed by atoms with van der Waals surface area (Å²) in [4.78, 5) is 0. The SMILES string of the molecule is CC.CC.CC.CC.Cc1cccc(C(C)(C)OCCC(C)(C)C(C)(C)CC(C)(C)C)c1. The number of rotatable bonds is 7. The minimum atomic E-state index is -0.240. The van der Waals surface area contributed by atoms with E-state index in [4.69, 9.17) is 4.74 Å². The molecule has 0 heterocycles. The average Bonchev–Trinajstić information content (AvgIpc) is 2.72. The van der Waals surface area contributed by atoms with Crippen LogP contribution in [0, 0.1) is 23.2 Å². The molecule has 0 bridgehead atoms. The number of aryl methyl sites for hydroxylation is 1. The maximum atomic E-state index is 6.33. The third-order valence-electron chi connectivity index (χ3n) is 5.71. The molecule has 1 aromatic carbocycles. The van der Waals surface area contributed by atoms with Gasteiger partial charge < -0.3 is 4.74 Å². The zero-order chi connectivity index (χ0) is 26.8. The first kappa shape index (κ1) is 38.4. The van der Waals surface area contributed by atoms with E-state index in [9.17, 15) is 0 Å². The number of hydrogen-bond acceptors (Lipinski definition) is 1. The van der Waals surface area contributed by atoms with Crippen LogP contribution >= 0.6 is 0 Å². The van der Waals surface area contributed by atoms with E-state index in [1.807, 2.05) is 55.4 Å². The molecule has 0 amide bonds. The first-order chi connectivity index (χ1) is 14.7. The number of benzene rings is 1. The normalized spacial score (nSPS) is 11.3. The van der Waals surface area contributed by atoms with Crippen molar-refractivity contribution in [3.63, 3.8) is 0 Å². The highest BCUT2D eigenvalue weighted by atomic mass is 16.5. The molecule has 1 rings (SSSR count). The van der Waals surface area contributed by atoms with E-state index >= 15 is 0 Å². The van der Waals surface area contributed by atoms with E-state index in [1.165, 1.54) is 17.5 Å². The predicted molar refractivity (Wildman–Crippen MR) is 152 cm³/mol. The Morgan fingerprint density at radius 1 is 0.656 bits per heavy atom. The van der Waals surface area contributed by atoms with Gasteiger partial charge in [0, 0.05) is 6.61 Å². The van der Waals surface area contributed by atoms with Gasteiger partial charge in [0.2, 0.25) is 0 Å². The van der Waals surface area contributed by atoms with Crippen molar-refractivity contribution in [1.29, 1.82) is 0 Å². The highest BCUT2D eigenvalue weighted by Gasteiger charge is 2.39. The van der Waals surface area contributed by atoms with Crippen molar-refractivity contribution >= 4 is 0 Å².